The summed E-state index contributed by atoms with van der Waals surface area (Å²) in [5, 5.41) is 3.44. The lowest BCUT2D eigenvalue weighted by Gasteiger charge is -2.30. The van der Waals surface area contributed by atoms with Crippen LogP contribution >= 0.6 is 0 Å². The highest BCUT2D eigenvalue weighted by Gasteiger charge is 2.26. The topological polar surface area (TPSA) is 24.5 Å². The lowest BCUT2D eigenvalue weighted by Crippen LogP contribution is -2.43. The van der Waals surface area contributed by atoms with Crippen LogP contribution in [-0.4, -0.2) is 43.4 Å². The summed E-state index contributed by atoms with van der Waals surface area (Å²) in [5.74, 6) is 0. The van der Waals surface area contributed by atoms with Crippen molar-refractivity contribution in [3.05, 3.63) is 0 Å². The fourth-order valence-electron chi connectivity index (χ4n) is 2.60. The maximum absolute atomic E-state index is 5.69. The average Bonchev–Trinajstić information content (AvgIpc) is 2.67. The number of nitrogens with zero attached hydrogens (tertiary/aromatic N) is 1. The molecule has 2 unspecified atom stereocenters. The molecule has 0 spiro atoms. The van der Waals surface area contributed by atoms with E-state index >= 15 is 0 Å². The van der Waals surface area contributed by atoms with Gasteiger partial charge in [-0.15, -0.1) is 0 Å². The zero-order valence-corrected chi connectivity index (χ0v) is 9.17. The Bertz CT molecular complexity index is 169. The Labute approximate surface area is 86.8 Å². The lowest BCUT2D eigenvalue weighted by atomic mass is 10.1. The molecule has 2 heterocycles. The summed E-state index contributed by atoms with van der Waals surface area (Å²) in [6.45, 7) is 6.80. The number of nitrogens with one attached hydrogen (secondary N) is 1. The normalized spacial score (nSPS) is 34.9. The average molecular weight is 198 g/mol. The van der Waals surface area contributed by atoms with Gasteiger partial charge in [0.15, 0.2) is 0 Å². The molecule has 2 fully saturated rings. The zero-order valence-electron chi connectivity index (χ0n) is 9.17. The number of ether oxygens (including phenoxy) is 1. The number of hydrogen-bond donors (Lipinski definition) is 1. The van der Waals surface area contributed by atoms with Gasteiger partial charge in [0.25, 0.3) is 0 Å². The van der Waals surface area contributed by atoms with Crippen LogP contribution < -0.4 is 5.32 Å². The predicted molar refractivity (Wildman–Crippen MR) is 57.2 cm³/mol. The standard InChI is InChI=1S/C11H22N2O/c1-2-13-7-3-5-10(13)9-11-12-6-4-8-14-11/h10-12H,2-9H2,1H3. The van der Waals surface area contributed by atoms with Crippen molar-refractivity contribution in [1.82, 2.24) is 10.2 Å². The number of likely N-dealkylation sites (tertiary alicyclic amines) is 1. The maximum atomic E-state index is 5.69. The lowest BCUT2D eigenvalue weighted by molar-refractivity contribution is -0.0162. The summed E-state index contributed by atoms with van der Waals surface area (Å²) >= 11 is 0. The Morgan fingerprint density at radius 1 is 1.43 bits per heavy atom. The Balaban J connectivity index is 1.77. The monoisotopic (exact) mass is 198 g/mol. The fraction of sp³-hybridized carbons (Fsp3) is 1.00. The minimum atomic E-state index is 0.320. The van der Waals surface area contributed by atoms with Crippen molar-refractivity contribution >= 4 is 0 Å². The third kappa shape index (κ3) is 2.47. The van der Waals surface area contributed by atoms with Crippen LogP contribution in [-0.2, 0) is 4.74 Å². The molecular formula is C11H22N2O. The quantitative estimate of drug-likeness (QED) is 0.737. The minimum absolute atomic E-state index is 0.320. The third-order valence-corrected chi connectivity index (χ3v) is 3.40. The summed E-state index contributed by atoms with van der Waals surface area (Å²) < 4.78 is 5.69. The van der Waals surface area contributed by atoms with Gasteiger partial charge < -0.3 is 9.64 Å². The first-order valence-corrected chi connectivity index (χ1v) is 5.99. The molecule has 14 heavy (non-hydrogen) atoms. The van der Waals surface area contributed by atoms with Gasteiger partial charge in [-0.25, -0.2) is 0 Å². The second kappa shape index (κ2) is 5.10. The van der Waals surface area contributed by atoms with E-state index in [0.717, 1.165) is 19.2 Å². The van der Waals surface area contributed by atoms with E-state index in [1.54, 1.807) is 0 Å². The van der Waals surface area contributed by atoms with Crippen LogP contribution in [0.2, 0.25) is 0 Å². The molecule has 2 saturated heterocycles. The largest absolute Gasteiger partial charge is 0.363 e. The highest BCUT2D eigenvalue weighted by atomic mass is 16.5. The molecule has 2 rings (SSSR count). The molecule has 0 aromatic rings. The van der Waals surface area contributed by atoms with Crippen LogP contribution in [0.15, 0.2) is 0 Å². The van der Waals surface area contributed by atoms with E-state index in [-0.39, 0.29) is 0 Å². The van der Waals surface area contributed by atoms with Gasteiger partial charge in [0.05, 0.1) is 0 Å². The van der Waals surface area contributed by atoms with Crippen LogP contribution in [0, 0.1) is 0 Å². The van der Waals surface area contributed by atoms with E-state index in [1.807, 2.05) is 0 Å². The van der Waals surface area contributed by atoms with Gasteiger partial charge in [0, 0.05) is 19.1 Å². The fourth-order valence-corrected chi connectivity index (χ4v) is 2.60. The van der Waals surface area contributed by atoms with Crippen molar-refractivity contribution in [2.75, 3.05) is 26.2 Å². The van der Waals surface area contributed by atoms with Gasteiger partial charge in [-0.05, 0) is 38.9 Å². The molecule has 3 heteroatoms. The summed E-state index contributed by atoms with van der Waals surface area (Å²) in [5.41, 5.74) is 0. The van der Waals surface area contributed by atoms with Crippen molar-refractivity contribution in [2.24, 2.45) is 0 Å². The van der Waals surface area contributed by atoms with Crippen LogP contribution in [0.3, 0.4) is 0 Å². The SMILES string of the molecule is CCN1CCCC1CC1NCCCO1. The number of hydrogen-bond acceptors (Lipinski definition) is 3. The second-order valence-electron chi connectivity index (χ2n) is 4.33. The Morgan fingerprint density at radius 3 is 3.07 bits per heavy atom. The summed E-state index contributed by atoms with van der Waals surface area (Å²) in [7, 11) is 0. The predicted octanol–water partition coefficient (Wildman–Crippen LogP) is 1.20. The van der Waals surface area contributed by atoms with E-state index in [0.29, 0.717) is 6.23 Å². The van der Waals surface area contributed by atoms with E-state index in [4.69, 9.17) is 4.74 Å². The Hall–Kier alpha value is -0.120. The first-order chi connectivity index (χ1) is 6.90. The van der Waals surface area contributed by atoms with Crippen LogP contribution in [0.1, 0.15) is 32.6 Å². The summed E-state index contributed by atoms with van der Waals surface area (Å²) in [6, 6.07) is 0.760. The molecule has 2 aliphatic rings. The molecule has 0 bridgehead atoms. The van der Waals surface area contributed by atoms with Crippen molar-refractivity contribution in [3.8, 4) is 0 Å². The first-order valence-electron chi connectivity index (χ1n) is 5.99. The van der Waals surface area contributed by atoms with Gasteiger partial charge in [0.1, 0.15) is 6.23 Å². The van der Waals surface area contributed by atoms with Crippen LogP contribution in [0.25, 0.3) is 0 Å². The molecule has 2 aliphatic heterocycles. The van der Waals surface area contributed by atoms with Crippen molar-refractivity contribution in [2.45, 2.75) is 44.9 Å². The van der Waals surface area contributed by atoms with Crippen molar-refractivity contribution in [3.63, 3.8) is 0 Å². The van der Waals surface area contributed by atoms with E-state index in [1.165, 1.54) is 38.8 Å². The van der Waals surface area contributed by atoms with Crippen molar-refractivity contribution in [1.29, 1.82) is 0 Å². The van der Waals surface area contributed by atoms with Crippen LogP contribution in [0.5, 0.6) is 0 Å². The van der Waals surface area contributed by atoms with E-state index in [9.17, 15) is 0 Å². The molecule has 0 radical (unpaired) electrons. The van der Waals surface area contributed by atoms with Crippen molar-refractivity contribution < 1.29 is 4.74 Å². The molecule has 0 aromatic heterocycles. The first kappa shape index (κ1) is 10.4. The highest BCUT2D eigenvalue weighted by molar-refractivity contribution is 4.81. The summed E-state index contributed by atoms with van der Waals surface area (Å²) in [6.07, 6.45) is 5.38. The summed E-state index contributed by atoms with van der Waals surface area (Å²) in [4.78, 5) is 2.58. The highest BCUT2D eigenvalue weighted by Crippen LogP contribution is 2.21. The molecule has 0 aromatic carbocycles. The molecular weight excluding hydrogens is 176 g/mol. The van der Waals surface area contributed by atoms with Gasteiger partial charge in [0.2, 0.25) is 0 Å². The van der Waals surface area contributed by atoms with Gasteiger partial charge in [-0.2, -0.15) is 0 Å². The molecule has 82 valence electrons. The molecule has 3 nitrogen and oxygen atoms in total. The number of rotatable bonds is 3. The van der Waals surface area contributed by atoms with Crippen LogP contribution in [0.4, 0.5) is 0 Å². The van der Waals surface area contributed by atoms with E-state index < -0.39 is 0 Å². The molecule has 2 atom stereocenters. The molecule has 0 saturated carbocycles. The molecule has 1 N–H and O–H groups in total. The molecule has 0 amide bonds. The Morgan fingerprint density at radius 2 is 2.36 bits per heavy atom. The smallest absolute Gasteiger partial charge is 0.109 e. The Kier molecular flexibility index (Phi) is 3.79. The van der Waals surface area contributed by atoms with Gasteiger partial charge in [-0.3, -0.25) is 5.32 Å². The zero-order chi connectivity index (χ0) is 9.80. The maximum Gasteiger partial charge on any atom is 0.109 e. The molecule has 0 aliphatic carbocycles. The van der Waals surface area contributed by atoms with Gasteiger partial charge in [-0.1, -0.05) is 6.92 Å². The second-order valence-corrected chi connectivity index (χ2v) is 4.33. The van der Waals surface area contributed by atoms with Gasteiger partial charge >= 0.3 is 0 Å². The third-order valence-electron chi connectivity index (χ3n) is 3.40. The van der Waals surface area contributed by atoms with E-state index in [2.05, 4.69) is 17.1 Å². The minimum Gasteiger partial charge on any atom is -0.363 e.